The highest BCUT2D eigenvalue weighted by Crippen LogP contribution is 2.29. The molecule has 1 aromatic rings. The highest BCUT2D eigenvalue weighted by molar-refractivity contribution is 7.89. The number of likely N-dealkylation sites (N-methyl/N-ethyl adjacent to an activating group) is 1. The minimum atomic E-state index is -4.70. The smallest absolute Gasteiger partial charge is 0.249 e. The molecular formula is C14H18F4N2O2S. The first-order chi connectivity index (χ1) is 10.6. The highest BCUT2D eigenvalue weighted by atomic mass is 32.2. The fourth-order valence-electron chi connectivity index (χ4n) is 2.65. The minimum Gasteiger partial charge on any atom is -0.299 e. The third kappa shape index (κ3) is 3.22. The maximum absolute atomic E-state index is 13.8. The maximum atomic E-state index is 13.8. The van der Waals surface area contributed by atoms with Crippen molar-refractivity contribution in [3.8, 4) is 0 Å². The van der Waals surface area contributed by atoms with Crippen LogP contribution in [0.4, 0.5) is 17.6 Å². The van der Waals surface area contributed by atoms with Gasteiger partial charge in [-0.25, -0.2) is 26.0 Å². The van der Waals surface area contributed by atoms with Gasteiger partial charge in [0.15, 0.2) is 28.2 Å². The molecule has 1 aromatic carbocycles. The molecule has 1 unspecified atom stereocenters. The van der Waals surface area contributed by atoms with Gasteiger partial charge in [-0.15, -0.1) is 0 Å². The highest BCUT2D eigenvalue weighted by Gasteiger charge is 2.38. The van der Waals surface area contributed by atoms with Crippen molar-refractivity contribution in [3.05, 3.63) is 29.3 Å². The van der Waals surface area contributed by atoms with E-state index in [-0.39, 0.29) is 12.1 Å². The Kier molecular flexibility index (Phi) is 5.03. The van der Waals surface area contributed by atoms with Crippen molar-refractivity contribution in [2.45, 2.75) is 37.2 Å². The summed E-state index contributed by atoms with van der Waals surface area (Å²) in [7, 11) is -3.54. The van der Waals surface area contributed by atoms with Gasteiger partial charge in [-0.2, -0.15) is 4.31 Å². The zero-order valence-electron chi connectivity index (χ0n) is 13.0. The Hall–Kier alpha value is -1.19. The normalized spacial score (nSPS) is 20.0. The number of hydrogen-bond acceptors (Lipinski definition) is 3. The predicted octanol–water partition coefficient (Wildman–Crippen LogP) is 2.35. The van der Waals surface area contributed by atoms with Crippen LogP contribution in [0.5, 0.6) is 0 Å². The van der Waals surface area contributed by atoms with Gasteiger partial charge >= 0.3 is 0 Å². The molecule has 1 aliphatic heterocycles. The molecule has 23 heavy (non-hydrogen) atoms. The molecule has 9 heteroatoms. The standard InChI is InChI=1S/C14H18F4N2O2S/c1-8(2)20-5-4-9(7-20)19(3)23(21,22)14-12(17)10(15)6-11(16)13(14)18/h6,8-9H,4-5,7H2,1-3H3. The average Bonchev–Trinajstić information content (AvgIpc) is 2.94. The predicted molar refractivity (Wildman–Crippen MR) is 76.3 cm³/mol. The second kappa shape index (κ2) is 6.37. The Morgan fingerprint density at radius 2 is 1.70 bits per heavy atom. The lowest BCUT2D eigenvalue weighted by Crippen LogP contribution is -2.40. The van der Waals surface area contributed by atoms with Crippen molar-refractivity contribution in [2.75, 3.05) is 20.1 Å². The van der Waals surface area contributed by atoms with Gasteiger partial charge in [0, 0.05) is 38.3 Å². The molecule has 0 bridgehead atoms. The molecule has 2 rings (SSSR count). The number of sulfonamides is 1. The first kappa shape index (κ1) is 18.2. The summed E-state index contributed by atoms with van der Waals surface area (Å²) in [5, 5.41) is 0. The first-order valence-electron chi connectivity index (χ1n) is 7.12. The van der Waals surface area contributed by atoms with E-state index in [0.29, 0.717) is 19.5 Å². The Morgan fingerprint density at radius 1 is 1.17 bits per heavy atom. The number of nitrogens with zero attached hydrogens (tertiary/aromatic N) is 2. The van der Waals surface area contributed by atoms with Crippen molar-refractivity contribution in [2.24, 2.45) is 0 Å². The summed E-state index contributed by atoms with van der Waals surface area (Å²) in [6.07, 6.45) is 0.467. The summed E-state index contributed by atoms with van der Waals surface area (Å²) in [4.78, 5) is 0.427. The van der Waals surface area contributed by atoms with E-state index >= 15 is 0 Å². The zero-order valence-corrected chi connectivity index (χ0v) is 13.8. The van der Waals surface area contributed by atoms with Crippen LogP contribution in [-0.4, -0.2) is 49.8 Å². The molecule has 1 fully saturated rings. The van der Waals surface area contributed by atoms with E-state index in [2.05, 4.69) is 0 Å². The lowest BCUT2D eigenvalue weighted by Gasteiger charge is -2.26. The molecular weight excluding hydrogens is 336 g/mol. The maximum Gasteiger partial charge on any atom is 0.249 e. The van der Waals surface area contributed by atoms with Crippen LogP contribution in [0.25, 0.3) is 0 Å². The van der Waals surface area contributed by atoms with Crippen molar-refractivity contribution in [3.63, 3.8) is 0 Å². The van der Waals surface area contributed by atoms with Gasteiger partial charge < -0.3 is 0 Å². The Bertz CT molecular complexity index is 683. The second-order valence-electron chi connectivity index (χ2n) is 5.85. The summed E-state index contributed by atoms with van der Waals surface area (Å²) in [6.45, 7) is 4.90. The van der Waals surface area contributed by atoms with Gasteiger partial charge in [0.2, 0.25) is 10.0 Å². The van der Waals surface area contributed by atoms with Crippen LogP contribution >= 0.6 is 0 Å². The molecule has 130 valence electrons. The largest absolute Gasteiger partial charge is 0.299 e. The third-order valence-corrected chi connectivity index (χ3v) is 6.08. The van der Waals surface area contributed by atoms with Crippen LogP contribution in [0.1, 0.15) is 20.3 Å². The molecule has 0 N–H and O–H groups in total. The lowest BCUT2D eigenvalue weighted by molar-refractivity contribution is 0.255. The van der Waals surface area contributed by atoms with Gasteiger partial charge in [-0.05, 0) is 20.3 Å². The van der Waals surface area contributed by atoms with Crippen molar-refractivity contribution >= 4 is 10.0 Å². The monoisotopic (exact) mass is 354 g/mol. The van der Waals surface area contributed by atoms with Crippen LogP contribution in [-0.2, 0) is 10.0 Å². The second-order valence-corrected chi connectivity index (χ2v) is 7.78. The first-order valence-corrected chi connectivity index (χ1v) is 8.56. The molecule has 0 radical (unpaired) electrons. The molecule has 1 aliphatic rings. The van der Waals surface area contributed by atoms with Crippen LogP contribution < -0.4 is 0 Å². The number of benzene rings is 1. The molecule has 0 aliphatic carbocycles. The number of halogens is 4. The molecule has 0 aromatic heterocycles. The third-order valence-electron chi connectivity index (χ3n) is 4.15. The van der Waals surface area contributed by atoms with E-state index in [0.717, 1.165) is 11.4 Å². The van der Waals surface area contributed by atoms with Crippen molar-refractivity contribution in [1.29, 1.82) is 0 Å². The summed E-state index contributed by atoms with van der Waals surface area (Å²) < 4.78 is 79.8. The van der Waals surface area contributed by atoms with E-state index in [1.165, 1.54) is 0 Å². The van der Waals surface area contributed by atoms with E-state index in [1.54, 1.807) is 0 Å². The minimum absolute atomic E-state index is 0.0141. The Balaban J connectivity index is 2.40. The lowest BCUT2D eigenvalue weighted by atomic mass is 10.3. The topological polar surface area (TPSA) is 40.6 Å². The van der Waals surface area contributed by atoms with Gasteiger partial charge in [0.25, 0.3) is 0 Å². The van der Waals surface area contributed by atoms with Crippen LogP contribution in [0.3, 0.4) is 0 Å². The van der Waals surface area contributed by atoms with Gasteiger partial charge in [-0.3, -0.25) is 4.90 Å². The molecule has 1 atom stereocenters. The van der Waals surface area contributed by atoms with Crippen LogP contribution in [0, 0.1) is 23.3 Å². The van der Waals surface area contributed by atoms with Crippen molar-refractivity contribution in [1.82, 2.24) is 9.21 Å². The molecule has 0 spiro atoms. The molecule has 0 amide bonds. The fraction of sp³-hybridized carbons (Fsp3) is 0.571. The number of rotatable bonds is 4. The SMILES string of the molecule is CC(C)N1CCC(N(C)S(=O)(=O)c2c(F)c(F)cc(F)c2F)C1. The van der Waals surface area contributed by atoms with Crippen LogP contribution in [0.15, 0.2) is 11.0 Å². The van der Waals surface area contributed by atoms with Crippen LogP contribution in [0.2, 0.25) is 0 Å². The van der Waals surface area contributed by atoms with Gasteiger partial charge in [-0.1, -0.05) is 0 Å². The quantitative estimate of drug-likeness (QED) is 0.616. The molecule has 1 saturated heterocycles. The van der Waals surface area contributed by atoms with E-state index in [9.17, 15) is 26.0 Å². The summed E-state index contributed by atoms with van der Waals surface area (Å²) >= 11 is 0. The summed E-state index contributed by atoms with van der Waals surface area (Å²) in [5.74, 6) is -7.30. The number of hydrogen-bond donors (Lipinski definition) is 0. The summed E-state index contributed by atoms with van der Waals surface area (Å²) in [5.41, 5.74) is 0. The summed E-state index contributed by atoms with van der Waals surface area (Å²) in [6, 6.07) is -0.344. The fourth-order valence-corrected chi connectivity index (χ4v) is 4.15. The van der Waals surface area contributed by atoms with Gasteiger partial charge in [0.05, 0.1) is 0 Å². The van der Waals surface area contributed by atoms with E-state index in [4.69, 9.17) is 0 Å². The van der Waals surface area contributed by atoms with Crippen molar-refractivity contribution < 1.29 is 26.0 Å². The molecule has 0 saturated carbocycles. The Labute approximate surface area is 132 Å². The number of likely N-dealkylation sites (tertiary alicyclic amines) is 1. The molecule has 1 heterocycles. The Morgan fingerprint density at radius 3 is 2.13 bits per heavy atom. The van der Waals surface area contributed by atoms with E-state index in [1.807, 2.05) is 18.7 Å². The van der Waals surface area contributed by atoms with Gasteiger partial charge in [0.1, 0.15) is 0 Å². The zero-order chi connectivity index (χ0) is 17.5. The average molecular weight is 354 g/mol. The van der Waals surface area contributed by atoms with E-state index < -0.39 is 44.2 Å². The molecule has 4 nitrogen and oxygen atoms in total.